The molecule has 33 heavy (non-hydrogen) atoms. The predicted molar refractivity (Wildman–Crippen MR) is 140 cm³/mol. The van der Waals surface area contributed by atoms with Crippen molar-refractivity contribution in [3.05, 3.63) is 110 Å². The van der Waals surface area contributed by atoms with Crippen LogP contribution in [0.5, 0.6) is 5.75 Å². The molecule has 0 heterocycles. The van der Waals surface area contributed by atoms with Crippen LogP contribution in [0.2, 0.25) is 5.02 Å². The molecule has 7 heteroatoms. The standard InChI is InChI=1S/C26H19Br2ClN2O2/c1-2-4-19-11-18(12-20(15-30)26(32)31-23-6-3-5-21(27)14-23)13-24(28)25(19)33-16-17-7-9-22(29)10-8-17/h2-3,5-14H,1,4,16H2,(H,31,32)/b20-12-. The molecule has 0 saturated heterocycles. The second kappa shape index (κ2) is 11.9. The third-order valence-electron chi connectivity index (χ3n) is 4.56. The van der Waals surface area contributed by atoms with Crippen LogP contribution >= 0.6 is 43.5 Å². The van der Waals surface area contributed by atoms with Gasteiger partial charge in [0.05, 0.1) is 4.47 Å². The maximum Gasteiger partial charge on any atom is 0.266 e. The SMILES string of the molecule is C=CCc1cc(/C=C(/C#N)C(=O)Nc2cccc(Br)c2)cc(Br)c1OCc1ccc(Cl)cc1. The fourth-order valence-corrected chi connectivity index (χ4v) is 4.20. The molecule has 4 nitrogen and oxygen atoms in total. The van der Waals surface area contributed by atoms with Gasteiger partial charge in [-0.2, -0.15) is 5.26 Å². The summed E-state index contributed by atoms with van der Waals surface area (Å²) in [6, 6.07) is 20.3. The Morgan fingerprint density at radius 2 is 1.91 bits per heavy atom. The molecule has 3 aromatic rings. The minimum atomic E-state index is -0.486. The number of rotatable bonds is 8. The molecule has 0 saturated carbocycles. The lowest BCUT2D eigenvalue weighted by Crippen LogP contribution is -2.13. The summed E-state index contributed by atoms with van der Waals surface area (Å²) >= 11 is 12.9. The van der Waals surface area contributed by atoms with E-state index in [0.717, 1.165) is 15.6 Å². The Kier molecular flexibility index (Phi) is 8.90. The summed E-state index contributed by atoms with van der Waals surface area (Å²) in [5.74, 6) is 0.194. The van der Waals surface area contributed by atoms with Crippen molar-refractivity contribution in [1.82, 2.24) is 0 Å². The van der Waals surface area contributed by atoms with Gasteiger partial charge in [0, 0.05) is 15.2 Å². The molecule has 166 valence electrons. The van der Waals surface area contributed by atoms with Gasteiger partial charge >= 0.3 is 0 Å². The predicted octanol–water partition coefficient (Wildman–Crippen LogP) is 7.72. The zero-order chi connectivity index (χ0) is 23.8. The number of allylic oxidation sites excluding steroid dienone is 1. The molecule has 1 amide bonds. The fraction of sp³-hybridized carbons (Fsp3) is 0.0769. The quantitative estimate of drug-likeness (QED) is 0.167. The zero-order valence-electron chi connectivity index (χ0n) is 17.4. The number of nitrogens with zero attached hydrogens (tertiary/aromatic N) is 1. The van der Waals surface area contributed by atoms with Crippen molar-refractivity contribution >= 4 is 61.1 Å². The lowest BCUT2D eigenvalue weighted by Gasteiger charge is -2.14. The van der Waals surface area contributed by atoms with E-state index in [4.69, 9.17) is 16.3 Å². The number of carbonyl (C=O) groups is 1. The van der Waals surface area contributed by atoms with Gasteiger partial charge in [0.2, 0.25) is 0 Å². The van der Waals surface area contributed by atoms with Crippen LogP contribution in [-0.2, 0) is 17.8 Å². The summed E-state index contributed by atoms with van der Waals surface area (Å²) < 4.78 is 7.61. The molecular formula is C26H19Br2ClN2O2. The van der Waals surface area contributed by atoms with Crippen LogP contribution in [-0.4, -0.2) is 5.91 Å². The average molecular weight is 587 g/mol. The van der Waals surface area contributed by atoms with E-state index in [1.165, 1.54) is 0 Å². The molecular weight excluding hydrogens is 568 g/mol. The number of anilines is 1. The maximum absolute atomic E-state index is 12.6. The topological polar surface area (TPSA) is 62.1 Å². The van der Waals surface area contributed by atoms with Gasteiger partial charge in [-0.05, 0) is 87.6 Å². The van der Waals surface area contributed by atoms with E-state index in [0.29, 0.717) is 39.5 Å². The summed E-state index contributed by atoms with van der Waals surface area (Å²) in [5, 5.41) is 13.0. The Hall–Kier alpha value is -2.85. The zero-order valence-corrected chi connectivity index (χ0v) is 21.4. The minimum absolute atomic E-state index is 0.0127. The van der Waals surface area contributed by atoms with Crippen molar-refractivity contribution in [3.63, 3.8) is 0 Å². The number of nitrogens with one attached hydrogen (secondary N) is 1. The van der Waals surface area contributed by atoms with Gasteiger partial charge < -0.3 is 10.1 Å². The van der Waals surface area contributed by atoms with Crippen LogP contribution in [0.25, 0.3) is 6.08 Å². The van der Waals surface area contributed by atoms with Gasteiger partial charge in [0.15, 0.2) is 0 Å². The number of amides is 1. The Bertz CT molecular complexity index is 1250. The average Bonchev–Trinajstić information content (AvgIpc) is 2.78. The summed E-state index contributed by atoms with van der Waals surface area (Å²) in [5.41, 5.74) is 3.13. The van der Waals surface area contributed by atoms with Gasteiger partial charge in [-0.15, -0.1) is 6.58 Å². The van der Waals surface area contributed by atoms with E-state index in [-0.39, 0.29) is 5.57 Å². The first-order valence-corrected chi connectivity index (χ1v) is 11.8. The van der Waals surface area contributed by atoms with Crippen molar-refractivity contribution in [2.45, 2.75) is 13.0 Å². The first-order chi connectivity index (χ1) is 15.9. The Morgan fingerprint density at radius 3 is 2.58 bits per heavy atom. The molecule has 0 atom stereocenters. The van der Waals surface area contributed by atoms with Gasteiger partial charge in [-0.25, -0.2) is 0 Å². The molecule has 3 aromatic carbocycles. The van der Waals surface area contributed by atoms with Gasteiger partial charge in [0.1, 0.15) is 24.0 Å². The van der Waals surface area contributed by atoms with Gasteiger partial charge in [0.25, 0.3) is 5.91 Å². The number of halogens is 3. The van der Waals surface area contributed by atoms with Crippen LogP contribution in [0.4, 0.5) is 5.69 Å². The molecule has 3 rings (SSSR count). The van der Waals surface area contributed by atoms with Crippen LogP contribution in [0.3, 0.4) is 0 Å². The van der Waals surface area contributed by atoms with Crippen LogP contribution in [0.15, 0.2) is 87.8 Å². The molecule has 0 radical (unpaired) electrons. The second-order valence-corrected chi connectivity index (χ2v) is 9.24. The summed E-state index contributed by atoms with van der Waals surface area (Å²) in [6.45, 7) is 4.19. The highest BCUT2D eigenvalue weighted by atomic mass is 79.9. The highest BCUT2D eigenvalue weighted by Gasteiger charge is 2.14. The van der Waals surface area contributed by atoms with Crippen molar-refractivity contribution in [1.29, 1.82) is 5.26 Å². The van der Waals surface area contributed by atoms with E-state index in [1.54, 1.807) is 30.4 Å². The number of carbonyl (C=O) groups excluding carboxylic acids is 1. The second-order valence-electron chi connectivity index (χ2n) is 7.03. The lowest BCUT2D eigenvalue weighted by atomic mass is 10.0. The van der Waals surface area contributed by atoms with Crippen LogP contribution < -0.4 is 10.1 Å². The number of nitriles is 1. The number of hydrogen-bond donors (Lipinski definition) is 1. The molecule has 0 unspecified atom stereocenters. The monoisotopic (exact) mass is 584 g/mol. The van der Waals surface area contributed by atoms with Crippen LogP contribution in [0, 0.1) is 11.3 Å². The fourth-order valence-electron chi connectivity index (χ4n) is 3.04. The van der Waals surface area contributed by atoms with E-state index in [1.807, 2.05) is 48.5 Å². The number of ether oxygens (including phenoxy) is 1. The third-order valence-corrected chi connectivity index (χ3v) is 5.90. The van der Waals surface area contributed by atoms with Crippen molar-refractivity contribution < 1.29 is 9.53 Å². The molecule has 0 aromatic heterocycles. The molecule has 0 bridgehead atoms. The van der Waals surface area contributed by atoms with Crippen molar-refractivity contribution in [2.75, 3.05) is 5.32 Å². The molecule has 0 aliphatic heterocycles. The summed E-state index contributed by atoms with van der Waals surface area (Å²) in [7, 11) is 0. The third kappa shape index (κ3) is 7.06. The molecule has 0 fully saturated rings. The first kappa shape index (κ1) is 24.8. The normalized spacial score (nSPS) is 10.9. The Labute approximate surface area is 214 Å². The largest absolute Gasteiger partial charge is 0.487 e. The minimum Gasteiger partial charge on any atom is -0.487 e. The Balaban J connectivity index is 1.85. The Morgan fingerprint density at radius 1 is 1.15 bits per heavy atom. The smallest absolute Gasteiger partial charge is 0.266 e. The van der Waals surface area contributed by atoms with Gasteiger partial charge in [-0.3, -0.25) is 4.79 Å². The van der Waals surface area contributed by atoms with Gasteiger partial charge in [-0.1, -0.05) is 51.8 Å². The first-order valence-electron chi connectivity index (χ1n) is 9.89. The van der Waals surface area contributed by atoms with E-state index in [2.05, 4.69) is 43.8 Å². The number of hydrogen-bond acceptors (Lipinski definition) is 3. The summed E-state index contributed by atoms with van der Waals surface area (Å²) in [4.78, 5) is 12.6. The lowest BCUT2D eigenvalue weighted by molar-refractivity contribution is -0.112. The number of benzene rings is 3. The molecule has 0 aliphatic rings. The van der Waals surface area contributed by atoms with Crippen LogP contribution in [0.1, 0.15) is 16.7 Å². The van der Waals surface area contributed by atoms with E-state index >= 15 is 0 Å². The highest BCUT2D eigenvalue weighted by Crippen LogP contribution is 2.33. The maximum atomic E-state index is 12.6. The molecule has 0 aliphatic carbocycles. The molecule has 1 N–H and O–H groups in total. The van der Waals surface area contributed by atoms with Crippen molar-refractivity contribution in [2.24, 2.45) is 0 Å². The molecule has 0 spiro atoms. The van der Waals surface area contributed by atoms with E-state index in [9.17, 15) is 10.1 Å². The highest BCUT2D eigenvalue weighted by molar-refractivity contribution is 9.10. The van der Waals surface area contributed by atoms with Crippen molar-refractivity contribution in [3.8, 4) is 11.8 Å². The van der Waals surface area contributed by atoms with E-state index < -0.39 is 5.91 Å². The summed E-state index contributed by atoms with van der Waals surface area (Å²) in [6.07, 6.45) is 3.88.